The van der Waals surface area contributed by atoms with Crippen molar-refractivity contribution in [2.45, 2.75) is 33.4 Å². The lowest BCUT2D eigenvalue weighted by molar-refractivity contribution is 0.619. The largest absolute Gasteiger partial charge is 0.378 e. The molecule has 0 bridgehead atoms. The first-order valence-corrected chi connectivity index (χ1v) is 7.84. The first-order chi connectivity index (χ1) is 9.13. The molecule has 0 unspecified atom stereocenters. The summed E-state index contributed by atoms with van der Waals surface area (Å²) in [6, 6.07) is 8.16. The lowest BCUT2D eigenvalue weighted by atomic mass is 10.3. The van der Waals surface area contributed by atoms with Crippen LogP contribution < -0.4 is 5.32 Å². The Morgan fingerprint density at radius 1 is 1.32 bits per heavy atom. The molecule has 0 saturated carbocycles. The highest BCUT2D eigenvalue weighted by Crippen LogP contribution is 2.24. The van der Waals surface area contributed by atoms with Gasteiger partial charge in [-0.2, -0.15) is 5.10 Å². The SMILES string of the molecule is CCc1cc(CNc2ccc(I)cc2Cl)n(CC)n1. The number of aryl methyl sites for hydroxylation is 2. The normalized spacial score (nSPS) is 10.7. The average molecular weight is 390 g/mol. The van der Waals surface area contributed by atoms with Crippen molar-refractivity contribution in [2.24, 2.45) is 0 Å². The van der Waals surface area contributed by atoms with Gasteiger partial charge in [-0.05, 0) is 60.2 Å². The highest BCUT2D eigenvalue weighted by atomic mass is 127. The molecule has 19 heavy (non-hydrogen) atoms. The molecule has 2 rings (SSSR count). The Morgan fingerprint density at radius 3 is 2.74 bits per heavy atom. The minimum atomic E-state index is 0.737. The van der Waals surface area contributed by atoms with Gasteiger partial charge in [0.2, 0.25) is 0 Å². The van der Waals surface area contributed by atoms with Crippen molar-refractivity contribution in [2.75, 3.05) is 5.32 Å². The molecule has 0 spiro atoms. The molecule has 0 aliphatic heterocycles. The number of aromatic nitrogens is 2. The fraction of sp³-hybridized carbons (Fsp3) is 0.357. The van der Waals surface area contributed by atoms with Crippen molar-refractivity contribution >= 4 is 39.9 Å². The van der Waals surface area contributed by atoms with E-state index in [1.165, 1.54) is 5.69 Å². The maximum absolute atomic E-state index is 6.21. The maximum atomic E-state index is 6.21. The molecule has 5 heteroatoms. The Bertz CT molecular complexity index is 566. The van der Waals surface area contributed by atoms with Gasteiger partial charge in [-0.25, -0.2) is 0 Å². The summed E-state index contributed by atoms with van der Waals surface area (Å²) in [6.45, 7) is 5.85. The van der Waals surface area contributed by atoms with E-state index in [-0.39, 0.29) is 0 Å². The Balaban J connectivity index is 2.11. The molecule has 0 aliphatic carbocycles. The summed E-state index contributed by atoms with van der Waals surface area (Å²) < 4.78 is 3.17. The number of nitrogens with zero attached hydrogens (tertiary/aromatic N) is 2. The summed E-state index contributed by atoms with van der Waals surface area (Å²) in [7, 11) is 0. The van der Waals surface area contributed by atoms with Crippen LogP contribution in [-0.4, -0.2) is 9.78 Å². The maximum Gasteiger partial charge on any atom is 0.0648 e. The second-order valence-electron chi connectivity index (χ2n) is 4.27. The van der Waals surface area contributed by atoms with E-state index in [2.05, 4.69) is 52.9 Å². The molecule has 0 radical (unpaired) electrons. The number of anilines is 1. The molecule has 3 nitrogen and oxygen atoms in total. The first-order valence-electron chi connectivity index (χ1n) is 6.38. The Morgan fingerprint density at radius 2 is 2.11 bits per heavy atom. The third-order valence-corrected chi connectivity index (χ3v) is 3.95. The Hall–Kier alpha value is -0.750. The number of halogens is 2. The standard InChI is InChI=1S/C14H17ClIN3/c1-3-11-8-12(19(4-2)18-11)9-17-14-6-5-10(16)7-13(14)15/h5-8,17H,3-4,9H2,1-2H3. The fourth-order valence-corrected chi connectivity index (χ4v) is 2.85. The van der Waals surface area contributed by atoms with E-state index in [1.54, 1.807) is 0 Å². The number of nitrogens with one attached hydrogen (secondary N) is 1. The van der Waals surface area contributed by atoms with Gasteiger partial charge in [0.15, 0.2) is 0 Å². The molecule has 1 aromatic heterocycles. The minimum absolute atomic E-state index is 0.737. The van der Waals surface area contributed by atoms with Crippen molar-refractivity contribution in [3.8, 4) is 0 Å². The summed E-state index contributed by atoms with van der Waals surface area (Å²) in [4.78, 5) is 0. The van der Waals surface area contributed by atoms with Crippen LogP contribution in [-0.2, 0) is 19.5 Å². The summed E-state index contributed by atoms with van der Waals surface area (Å²) in [5, 5.41) is 8.67. The van der Waals surface area contributed by atoms with Crippen LogP contribution in [0.1, 0.15) is 25.2 Å². The van der Waals surface area contributed by atoms with Crippen LogP contribution in [0, 0.1) is 3.57 Å². The summed E-state index contributed by atoms with van der Waals surface area (Å²) in [5.41, 5.74) is 3.28. The predicted octanol–water partition coefficient (Wildman–Crippen LogP) is 4.34. The van der Waals surface area contributed by atoms with Crippen molar-refractivity contribution < 1.29 is 0 Å². The van der Waals surface area contributed by atoms with Crippen LogP contribution in [0.25, 0.3) is 0 Å². The van der Waals surface area contributed by atoms with Gasteiger partial charge in [0, 0.05) is 10.1 Å². The number of hydrogen-bond donors (Lipinski definition) is 1. The molecular weight excluding hydrogens is 373 g/mol. The lowest BCUT2D eigenvalue weighted by Crippen LogP contribution is -2.08. The van der Waals surface area contributed by atoms with Gasteiger partial charge >= 0.3 is 0 Å². The third kappa shape index (κ3) is 3.63. The van der Waals surface area contributed by atoms with Crippen LogP contribution >= 0.6 is 34.2 Å². The van der Waals surface area contributed by atoms with Crippen LogP contribution in [0.3, 0.4) is 0 Å². The molecule has 1 N–H and O–H groups in total. The average Bonchev–Trinajstić information content (AvgIpc) is 2.80. The monoisotopic (exact) mass is 389 g/mol. The zero-order valence-corrected chi connectivity index (χ0v) is 14.0. The highest BCUT2D eigenvalue weighted by molar-refractivity contribution is 14.1. The summed E-state index contributed by atoms with van der Waals surface area (Å²) in [5.74, 6) is 0. The molecule has 102 valence electrons. The predicted molar refractivity (Wildman–Crippen MR) is 88.8 cm³/mol. The quantitative estimate of drug-likeness (QED) is 0.771. The van der Waals surface area contributed by atoms with E-state index >= 15 is 0 Å². The van der Waals surface area contributed by atoms with Gasteiger partial charge in [-0.15, -0.1) is 0 Å². The first kappa shape index (κ1) is 14.7. The molecule has 0 atom stereocenters. The molecule has 0 saturated heterocycles. The second kappa shape index (κ2) is 6.61. The molecular formula is C14H17ClIN3. The van der Waals surface area contributed by atoms with E-state index in [9.17, 15) is 0 Å². The van der Waals surface area contributed by atoms with Crippen molar-refractivity contribution in [1.82, 2.24) is 9.78 Å². The highest BCUT2D eigenvalue weighted by Gasteiger charge is 2.06. The minimum Gasteiger partial charge on any atom is -0.378 e. The van der Waals surface area contributed by atoms with E-state index in [0.29, 0.717) is 0 Å². The van der Waals surface area contributed by atoms with E-state index < -0.39 is 0 Å². The van der Waals surface area contributed by atoms with Crippen LogP contribution in [0.5, 0.6) is 0 Å². The van der Waals surface area contributed by atoms with Crippen LogP contribution in [0.2, 0.25) is 5.02 Å². The van der Waals surface area contributed by atoms with E-state index in [1.807, 2.05) is 22.9 Å². The van der Waals surface area contributed by atoms with Gasteiger partial charge < -0.3 is 5.32 Å². The van der Waals surface area contributed by atoms with Gasteiger partial charge in [0.25, 0.3) is 0 Å². The molecule has 1 aromatic carbocycles. The molecule has 0 amide bonds. The number of hydrogen-bond acceptors (Lipinski definition) is 2. The number of rotatable bonds is 5. The van der Waals surface area contributed by atoms with Crippen molar-refractivity contribution in [3.05, 3.63) is 44.2 Å². The van der Waals surface area contributed by atoms with Crippen LogP contribution in [0.15, 0.2) is 24.3 Å². The Labute approximate surface area is 132 Å². The summed E-state index contributed by atoms with van der Waals surface area (Å²) in [6.07, 6.45) is 0.963. The van der Waals surface area contributed by atoms with E-state index in [4.69, 9.17) is 11.6 Å². The Kier molecular flexibility index (Phi) is 5.10. The van der Waals surface area contributed by atoms with Crippen molar-refractivity contribution in [3.63, 3.8) is 0 Å². The lowest BCUT2D eigenvalue weighted by Gasteiger charge is -2.09. The van der Waals surface area contributed by atoms with Gasteiger partial charge in [0.05, 0.1) is 28.6 Å². The third-order valence-electron chi connectivity index (χ3n) is 2.97. The molecule has 2 aromatic rings. The molecule has 1 heterocycles. The van der Waals surface area contributed by atoms with E-state index in [0.717, 1.165) is 39.5 Å². The zero-order chi connectivity index (χ0) is 13.8. The smallest absolute Gasteiger partial charge is 0.0648 e. The topological polar surface area (TPSA) is 29.9 Å². The molecule has 0 fully saturated rings. The zero-order valence-electron chi connectivity index (χ0n) is 11.1. The van der Waals surface area contributed by atoms with Gasteiger partial charge in [-0.1, -0.05) is 18.5 Å². The molecule has 0 aliphatic rings. The van der Waals surface area contributed by atoms with Crippen LogP contribution in [0.4, 0.5) is 5.69 Å². The van der Waals surface area contributed by atoms with Gasteiger partial charge in [0.1, 0.15) is 0 Å². The number of benzene rings is 1. The van der Waals surface area contributed by atoms with Gasteiger partial charge in [-0.3, -0.25) is 4.68 Å². The second-order valence-corrected chi connectivity index (χ2v) is 5.93. The summed E-state index contributed by atoms with van der Waals surface area (Å²) >= 11 is 8.47. The van der Waals surface area contributed by atoms with Crippen molar-refractivity contribution in [1.29, 1.82) is 0 Å². The fourth-order valence-electron chi connectivity index (χ4n) is 1.92.